The summed E-state index contributed by atoms with van der Waals surface area (Å²) in [5.74, 6) is -1.18. The molecule has 0 unspecified atom stereocenters. The maximum absolute atomic E-state index is 12.2. The number of rotatable bonds is 5. The van der Waals surface area contributed by atoms with Gasteiger partial charge in [-0.1, -0.05) is 12.1 Å². The van der Waals surface area contributed by atoms with Crippen molar-refractivity contribution < 1.29 is 19.4 Å². The Morgan fingerprint density at radius 3 is 2.71 bits per heavy atom. The van der Waals surface area contributed by atoms with Crippen molar-refractivity contribution >= 4 is 33.5 Å². The van der Waals surface area contributed by atoms with Crippen LogP contribution in [0.1, 0.15) is 10.4 Å². The summed E-state index contributed by atoms with van der Waals surface area (Å²) in [7, 11) is 0. The Bertz CT molecular complexity index is 676. The summed E-state index contributed by atoms with van der Waals surface area (Å²) in [6.07, 6.45) is 1.56. The zero-order valence-corrected chi connectivity index (χ0v) is 12.3. The zero-order valence-electron chi connectivity index (χ0n) is 10.7. The Balaban J connectivity index is 2.18. The van der Waals surface area contributed by atoms with E-state index in [1.807, 2.05) is 0 Å². The highest BCUT2D eigenvalue weighted by atomic mass is 79.9. The van der Waals surface area contributed by atoms with Gasteiger partial charge < -0.3 is 15.2 Å². The van der Waals surface area contributed by atoms with Crippen molar-refractivity contribution in [1.82, 2.24) is 4.98 Å². The van der Waals surface area contributed by atoms with Crippen LogP contribution in [0.25, 0.3) is 0 Å². The first kappa shape index (κ1) is 15.0. The summed E-state index contributed by atoms with van der Waals surface area (Å²) in [5.41, 5.74) is 0.755. The number of nitrogens with one attached hydrogen (secondary N) is 1. The van der Waals surface area contributed by atoms with Crippen LogP contribution in [0.3, 0.4) is 0 Å². The minimum atomic E-state index is -1.09. The summed E-state index contributed by atoms with van der Waals surface area (Å²) in [6.45, 7) is -0.483. The number of ether oxygens (including phenoxy) is 1. The molecular weight excluding hydrogens is 340 g/mol. The number of hydrogen-bond donors (Lipinski definition) is 2. The SMILES string of the molecule is O=C(O)COc1ccccc1NC(=O)c1cccnc1Br. The van der Waals surface area contributed by atoms with Crippen molar-refractivity contribution in [2.45, 2.75) is 0 Å². The molecule has 7 heteroatoms. The highest BCUT2D eigenvalue weighted by Crippen LogP contribution is 2.25. The lowest BCUT2D eigenvalue weighted by Crippen LogP contribution is -2.15. The molecule has 108 valence electrons. The number of anilines is 1. The number of aliphatic carboxylic acids is 1. The van der Waals surface area contributed by atoms with Crippen LogP contribution in [0.15, 0.2) is 47.2 Å². The van der Waals surface area contributed by atoms with E-state index in [4.69, 9.17) is 9.84 Å². The third kappa shape index (κ3) is 4.03. The topological polar surface area (TPSA) is 88.5 Å². The van der Waals surface area contributed by atoms with Gasteiger partial charge in [0.2, 0.25) is 0 Å². The molecule has 1 amide bonds. The molecular formula is C14H11BrN2O4. The minimum absolute atomic E-state index is 0.285. The quantitative estimate of drug-likeness (QED) is 0.809. The molecule has 0 aliphatic rings. The van der Waals surface area contributed by atoms with Gasteiger partial charge >= 0.3 is 5.97 Å². The van der Waals surface area contributed by atoms with Gasteiger partial charge in [0.15, 0.2) is 6.61 Å². The molecule has 0 radical (unpaired) electrons. The second-order valence-electron chi connectivity index (χ2n) is 3.97. The molecule has 0 aliphatic carbocycles. The van der Waals surface area contributed by atoms with Gasteiger partial charge in [-0.05, 0) is 40.2 Å². The Morgan fingerprint density at radius 1 is 1.24 bits per heavy atom. The van der Waals surface area contributed by atoms with Crippen molar-refractivity contribution in [2.24, 2.45) is 0 Å². The van der Waals surface area contributed by atoms with E-state index in [2.05, 4.69) is 26.2 Å². The summed E-state index contributed by atoms with van der Waals surface area (Å²) in [6, 6.07) is 9.87. The molecule has 0 bridgehead atoms. The third-order valence-corrected chi connectivity index (χ3v) is 3.12. The Labute approximate surface area is 128 Å². The summed E-state index contributed by atoms with van der Waals surface area (Å²) < 4.78 is 5.55. The number of para-hydroxylation sites is 2. The second-order valence-corrected chi connectivity index (χ2v) is 4.73. The van der Waals surface area contributed by atoms with E-state index in [0.29, 0.717) is 15.9 Å². The van der Waals surface area contributed by atoms with Gasteiger partial charge in [0, 0.05) is 6.20 Å². The van der Waals surface area contributed by atoms with Crippen molar-refractivity contribution in [3.05, 3.63) is 52.8 Å². The van der Waals surface area contributed by atoms with Crippen LogP contribution < -0.4 is 10.1 Å². The van der Waals surface area contributed by atoms with Crippen molar-refractivity contribution in [2.75, 3.05) is 11.9 Å². The molecule has 0 atom stereocenters. The number of carboxylic acids is 1. The highest BCUT2D eigenvalue weighted by Gasteiger charge is 2.13. The van der Waals surface area contributed by atoms with Crippen LogP contribution in [0.4, 0.5) is 5.69 Å². The minimum Gasteiger partial charge on any atom is -0.480 e. The highest BCUT2D eigenvalue weighted by molar-refractivity contribution is 9.10. The molecule has 1 aromatic carbocycles. The fraction of sp³-hybridized carbons (Fsp3) is 0.0714. The van der Waals surface area contributed by atoms with E-state index in [1.165, 1.54) is 0 Å². The summed E-state index contributed by atoms with van der Waals surface area (Å²) >= 11 is 3.20. The average Bonchev–Trinajstić information content (AvgIpc) is 2.46. The number of aromatic nitrogens is 1. The molecule has 21 heavy (non-hydrogen) atoms. The van der Waals surface area contributed by atoms with Gasteiger partial charge in [0.05, 0.1) is 11.3 Å². The Morgan fingerprint density at radius 2 is 2.00 bits per heavy atom. The van der Waals surface area contributed by atoms with E-state index in [9.17, 15) is 9.59 Å². The van der Waals surface area contributed by atoms with E-state index < -0.39 is 12.6 Å². The third-order valence-electron chi connectivity index (χ3n) is 2.49. The average molecular weight is 351 g/mol. The lowest BCUT2D eigenvalue weighted by molar-refractivity contribution is -0.139. The van der Waals surface area contributed by atoms with Gasteiger partial charge in [0.25, 0.3) is 5.91 Å². The van der Waals surface area contributed by atoms with Crippen LogP contribution in [0.2, 0.25) is 0 Å². The van der Waals surface area contributed by atoms with Gasteiger partial charge in [-0.25, -0.2) is 9.78 Å². The van der Waals surface area contributed by atoms with Crippen LogP contribution >= 0.6 is 15.9 Å². The van der Waals surface area contributed by atoms with Crippen LogP contribution in [-0.2, 0) is 4.79 Å². The molecule has 0 spiro atoms. The smallest absolute Gasteiger partial charge is 0.341 e. The number of amides is 1. The monoisotopic (exact) mass is 350 g/mol. The number of hydrogen-bond acceptors (Lipinski definition) is 4. The lowest BCUT2D eigenvalue weighted by atomic mass is 10.2. The first-order valence-electron chi connectivity index (χ1n) is 5.93. The standard InChI is InChI=1S/C14H11BrN2O4/c15-13-9(4-3-7-16-13)14(20)17-10-5-1-2-6-11(10)21-8-12(18)19/h1-7H,8H2,(H,17,20)(H,18,19). The molecule has 2 aromatic rings. The maximum Gasteiger partial charge on any atom is 0.341 e. The molecule has 0 saturated heterocycles. The first-order chi connectivity index (χ1) is 10.1. The number of carbonyl (C=O) groups is 2. The molecule has 6 nitrogen and oxygen atoms in total. The Hall–Kier alpha value is -2.41. The maximum atomic E-state index is 12.2. The van der Waals surface area contributed by atoms with Gasteiger partial charge in [-0.3, -0.25) is 4.79 Å². The van der Waals surface area contributed by atoms with Gasteiger partial charge in [-0.2, -0.15) is 0 Å². The Kier molecular flexibility index (Phi) is 4.89. The summed E-state index contributed by atoms with van der Waals surface area (Å²) in [5, 5.41) is 11.3. The number of benzene rings is 1. The number of halogens is 1. The van der Waals surface area contributed by atoms with E-state index >= 15 is 0 Å². The summed E-state index contributed by atoms with van der Waals surface area (Å²) in [4.78, 5) is 26.7. The number of pyridine rings is 1. The van der Waals surface area contributed by atoms with Gasteiger partial charge in [-0.15, -0.1) is 0 Å². The molecule has 2 rings (SSSR count). The van der Waals surface area contributed by atoms with Crippen molar-refractivity contribution in [3.8, 4) is 5.75 Å². The fourth-order valence-electron chi connectivity index (χ4n) is 1.58. The normalized spacial score (nSPS) is 9.95. The van der Waals surface area contributed by atoms with Crippen molar-refractivity contribution in [3.63, 3.8) is 0 Å². The molecule has 1 heterocycles. The lowest BCUT2D eigenvalue weighted by Gasteiger charge is -2.11. The molecule has 0 fully saturated rings. The zero-order chi connectivity index (χ0) is 15.2. The molecule has 2 N–H and O–H groups in total. The molecule has 1 aromatic heterocycles. The molecule has 0 saturated carbocycles. The van der Waals surface area contributed by atoms with Crippen LogP contribution in [-0.4, -0.2) is 28.6 Å². The fourth-order valence-corrected chi connectivity index (χ4v) is 2.01. The number of carboxylic acid groups (broad SMARTS) is 1. The number of carbonyl (C=O) groups excluding carboxylic acids is 1. The molecule has 0 aliphatic heterocycles. The predicted molar refractivity (Wildman–Crippen MR) is 79.5 cm³/mol. The number of nitrogens with zero attached hydrogens (tertiary/aromatic N) is 1. The van der Waals surface area contributed by atoms with E-state index in [0.717, 1.165) is 0 Å². The van der Waals surface area contributed by atoms with Crippen LogP contribution in [0, 0.1) is 0 Å². The largest absolute Gasteiger partial charge is 0.480 e. The predicted octanol–water partition coefficient (Wildman–Crippen LogP) is 2.56. The van der Waals surface area contributed by atoms with Crippen molar-refractivity contribution in [1.29, 1.82) is 0 Å². The van der Waals surface area contributed by atoms with Gasteiger partial charge in [0.1, 0.15) is 10.4 Å². The first-order valence-corrected chi connectivity index (χ1v) is 6.72. The second kappa shape index (κ2) is 6.85. The van der Waals surface area contributed by atoms with Crippen LogP contribution in [0.5, 0.6) is 5.75 Å². The van der Waals surface area contributed by atoms with E-state index in [-0.39, 0.29) is 11.7 Å². The van der Waals surface area contributed by atoms with E-state index in [1.54, 1.807) is 42.6 Å².